The quantitative estimate of drug-likeness (QED) is 0.843. The van der Waals surface area contributed by atoms with E-state index in [1.807, 2.05) is 0 Å². The number of amides is 1. The van der Waals surface area contributed by atoms with Crippen LogP contribution in [0.3, 0.4) is 0 Å². The second kappa shape index (κ2) is 6.21. The van der Waals surface area contributed by atoms with Gasteiger partial charge in [-0.05, 0) is 34.1 Å². The number of hydrogen-bond acceptors (Lipinski definition) is 2. The Hall–Kier alpha value is -1.64. The highest BCUT2D eigenvalue weighted by Gasteiger charge is 2.34. The first kappa shape index (κ1) is 16.4. The Labute approximate surface area is 119 Å². The molecule has 0 fully saturated rings. The fraction of sp³-hybridized carbons (Fsp3) is 0.273. The molecule has 110 valence electrons. The van der Waals surface area contributed by atoms with Crippen molar-refractivity contribution in [1.82, 2.24) is 4.90 Å². The van der Waals surface area contributed by atoms with Gasteiger partial charge >= 0.3 is 12.1 Å². The lowest BCUT2D eigenvalue weighted by atomic mass is 10.2. The highest BCUT2D eigenvalue weighted by atomic mass is 79.9. The monoisotopic (exact) mass is 357 g/mol. The number of carboxylic acid groups (broad SMARTS) is 1. The average Bonchev–Trinajstić information content (AvgIpc) is 2.28. The molecule has 1 rings (SSSR count). The van der Waals surface area contributed by atoms with Crippen LogP contribution in [0.25, 0.3) is 0 Å². The van der Waals surface area contributed by atoms with Crippen molar-refractivity contribution in [3.8, 4) is 0 Å². The number of aliphatic carboxylic acids is 1. The molecule has 0 aliphatic heterocycles. The summed E-state index contributed by atoms with van der Waals surface area (Å²) in [6.45, 7) is -2.87. The molecule has 1 N–H and O–H groups in total. The number of benzene rings is 1. The molecule has 0 unspecified atom stereocenters. The summed E-state index contributed by atoms with van der Waals surface area (Å²) in [5.74, 6) is -3.65. The van der Waals surface area contributed by atoms with E-state index in [-0.39, 0.29) is 14.9 Å². The van der Waals surface area contributed by atoms with Crippen LogP contribution in [0, 0.1) is 5.82 Å². The summed E-state index contributed by atoms with van der Waals surface area (Å²) >= 11 is 2.90. The van der Waals surface area contributed by atoms with Crippen molar-refractivity contribution in [3.63, 3.8) is 0 Å². The number of carbonyl (C=O) groups is 2. The van der Waals surface area contributed by atoms with Crippen molar-refractivity contribution in [2.75, 3.05) is 13.1 Å². The van der Waals surface area contributed by atoms with Crippen molar-refractivity contribution in [2.45, 2.75) is 6.18 Å². The second-order valence-electron chi connectivity index (χ2n) is 3.79. The number of alkyl halides is 3. The topological polar surface area (TPSA) is 57.6 Å². The maximum atomic E-state index is 13.0. The molecule has 0 radical (unpaired) electrons. The Bertz CT molecular complexity index is 533. The molecule has 1 aromatic rings. The van der Waals surface area contributed by atoms with Gasteiger partial charge in [-0.1, -0.05) is 0 Å². The van der Waals surface area contributed by atoms with E-state index >= 15 is 0 Å². The van der Waals surface area contributed by atoms with Gasteiger partial charge in [-0.3, -0.25) is 9.59 Å². The molecule has 0 saturated carbocycles. The van der Waals surface area contributed by atoms with E-state index < -0.39 is 37.0 Å². The van der Waals surface area contributed by atoms with Crippen LogP contribution in [-0.2, 0) is 4.79 Å². The van der Waals surface area contributed by atoms with Gasteiger partial charge in [-0.15, -0.1) is 0 Å². The predicted molar refractivity (Wildman–Crippen MR) is 63.7 cm³/mol. The van der Waals surface area contributed by atoms with Crippen LogP contribution in [-0.4, -0.2) is 41.1 Å². The molecule has 0 saturated heterocycles. The van der Waals surface area contributed by atoms with Crippen molar-refractivity contribution in [1.29, 1.82) is 0 Å². The fourth-order valence-corrected chi connectivity index (χ4v) is 1.83. The molecule has 0 aromatic heterocycles. The molecule has 0 heterocycles. The minimum absolute atomic E-state index is 0.0708. The number of carboxylic acids is 1. The number of halogens is 5. The van der Waals surface area contributed by atoms with Crippen LogP contribution in [0.5, 0.6) is 0 Å². The van der Waals surface area contributed by atoms with Crippen molar-refractivity contribution in [2.24, 2.45) is 0 Å². The van der Waals surface area contributed by atoms with Gasteiger partial charge in [0.1, 0.15) is 18.9 Å². The molecule has 9 heteroatoms. The third-order valence-corrected chi connectivity index (χ3v) is 2.83. The van der Waals surface area contributed by atoms with Gasteiger partial charge < -0.3 is 10.0 Å². The van der Waals surface area contributed by atoms with Crippen LogP contribution in [0.4, 0.5) is 17.6 Å². The fourth-order valence-electron chi connectivity index (χ4n) is 1.41. The van der Waals surface area contributed by atoms with Crippen molar-refractivity contribution >= 4 is 27.8 Å². The van der Waals surface area contributed by atoms with E-state index in [4.69, 9.17) is 5.11 Å². The number of carbonyl (C=O) groups excluding carboxylic acids is 1. The smallest absolute Gasteiger partial charge is 0.406 e. The van der Waals surface area contributed by atoms with Crippen LogP contribution >= 0.6 is 15.9 Å². The molecular formula is C11H8BrF4NO3. The van der Waals surface area contributed by atoms with Crippen LogP contribution < -0.4 is 0 Å². The Morgan fingerprint density at radius 3 is 2.40 bits per heavy atom. The third kappa shape index (κ3) is 4.80. The number of nitrogens with zero attached hydrogens (tertiary/aromatic N) is 1. The van der Waals surface area contributed by atoms with Gasteiger partial charge in [0.25, 0.3) is 5.91 Å². The summed E-state index contributed by atoms with van der Waals surface area (Å²) in [6.07, 6.45) is -4.76. The highest BCUT2D eigenvalue weighted by Crippen LogP contribution is 2.22. The standard InChI is InChI=1S/C11H8BrF4NO3/c12-8-2-1-6(13)3-7(8)10(20)17(4-9(18)19)5-11(14,15)16/h1-3H,4-5H2,(H,18,19). The number of rotatable bonds is 4. The zero-order valence-corrected chi connectivity index (χ0v) is 11.3. The van der Waals surface area contributed by atoms with Crippen LogP contribution in [0.15, 0.2) is 22.7 Å². The van der Waals surface area contributed by atoms with E-state index in [0.29, 0.717) is 0 Å². The summed E-state index contributed by atoms with van der Waals surface area (Å²) < 4.78 is 50.1. The van der Waals surface area contributed by atoms with Gasteiger partial charge in [0.05, 0.1) is 5.56 Å². The summed E-state index contributed by atoms with van der Waals surface area (Å²) in [5, 5.41) is 8.55. The molecule has 1 amide bonds. The summed E-state index contributed by atoms with van der Waals surface area (Å²) in [6, 6.07) is 2.89. The largest absolute Gasteiger partial charge is 0.480 e. The van der Waals surface area contributed by atoms with E-state index in [1.165, 1.54) is 0 Å². The summed E-state index contributed by atoms with van der Waals surface area (Å²) in [5.41, 5.74) is -0.379. The Balaban J connectivity index is 3.09. The first-order chi connectivity index (χ1) is 9.10. The third-order valence-electron chi connectivity index (χ3n) is 2.14. The maximum absolute atomic E-state index is 13.0. The predicted octanol–water partition coefficient (Wildman–Crippen LogP) is 2.68. The van der Waals surface area contributed by atoms with Crippen molar-refractivity contribution < 1.29 is 32.3 Å². The second-order valence-corrected chi connectivity index (χ2v) is 4.65. The zero-order valence-electron chi connectivity index (χ0n) is 9.75. The van der Waals surface area contributed by atoms with Crippen LogP contribution in [0.2, 0.25) is 0 Å². The lowest BCUT2D eigenvalue weighted by molar-refractivity contribution is -0.149. The normalized spacial score (nSPS) is 11.2. The van der Waals surface area contributed by atoms with Crippen LogP contribution in [0.1, 0.15) is 10.4 Å². The van der Waals surface area contributed by atoms with E-state index in [1.54, 1.807) is 0 Å². The first-order valence-corrected chi connectivity index (χ1v) is 5.92. The Kier molecular flexibility index (Phi) is 5.09. The highest BCUT2D eigenvalue weighted by molar-refractivity contribution is 9.10. The van der Waals surface area contributed by atoms with Gasteiger partial charge in [0, 0.05) is 4.47 Å². The molecule has 0 aliphatic rings. The SMILES string of the molecule is O=C(O)CN(CC(F)(F)F)C(=O)c1cc(F)ccc1Br. The van der Waals surface area contributed by atoms with Gasteiger partial charge in [0.2, 0.25) is 0 Å². The molecule has 0 atom stereocenters. The molecule has 1 aromatic carbocycles. The molecule has 0 bridgehead atoms. The Morgan fingerprint density at radius 2 is 1.90 bits per heavy atom. The van der Waals surface area contributed by atoms with Gasteiger partial charge in [0.15, 0.2) is 0 Å². The molecule has 20 heavy (non-hydrogen) atoms. The summed E-state index contributed by atoms with van der Waals surface area (Å²) in [4.78, 5) is 22.5. The molecule has 0 aliphatic carbocycles. The maximum Gasteiger partial charge on any atom is 0.406 e. The lowest BCUT2D eigenvalue weighted by Gasteiger charge is -2.22. The van der Waals surface area contributed by atoms with E-state index in [9.17, 15) is 27.2 Å². The van der Waals surface area contributed by atoms with E-state index in [2.05, 4.69) is 15.9 Å². The zero-order chi connectivity index (χ0) is 15.5. The molecule has 0 spiro atoms. The minimum atomic E-state index is -4.76. The van der Waals surface area contributed by atoms with Gasteiger partial charge in [-0.2, -0.15) is 13.2 Å². The summed E-state index contributed by atoms with van der Waals surface area (Å²) in [7, 11) is 0. The lowest BCUT2D eigenvalue weighted by Crippen LogP contribution is -2.42. The first-order valence-electron chi connectivity index (χ1n) is 5.13. The molecular weight excluding hydrogens is 350 g/mol. The van der Waals surface area contributed by atoms with E-state index in [0.717, 1.165) is 18.2 Å². The van der Waals surface area contributed by atoms with Gasteiger partial charge in [-0.25, -0.2) is 4.39 Å². The number of hydrogen-bond donors (Lipinski definition) is 1. The molecule has 4 nitrogen and oxygen atoms in total. The van der Waals surface area contributed by atoms with Crippen molar-refractivity contribution in [3.05, 3.63) is 34.1 Å². The minimum Gasteiger partial charge on any atom is -0.480 e. The average molecular weight is 358 g/mol. The Morgan fingerprint density at radius 1 is 1.30 bits per heavy atom.